The molecule has 102 valence electrons. The number of hydrogen-bond acceptors (Lipinski definition) is 3. The standard InChI is InChI=1S/C12H10F3NO3/c1-18-9-3-6-8(4-10(9)19-2)16-5-7(11(6)17)12(13,14)15/h3-5H,1-2H3,(H,16,17). The molecule has 0 atom stereocenters. The van der Waals surface area contributed by atoms with Gasteiger partial charge in [-0.3, -0.25) is 4.79 Å². The van der Waals surface area contributed by atoms with Crippen molar-refractivity contribution in [1.82, 2.24) is 4.98 Å². The Morgan fingerprint density at radius 1 is 1.11 bits per heavy atom. The molecule has 2 aromatic rings. The van der Waals surface area contributed by atoms with Gasteiger partial charge in [0.2, 0.25) is 5.43 Å². The lowest BCUT2D eigenvalue weighted by atomic mass is 10.1. The minimum Gasteiger partial charge on any atom is -0.493 e. The molecule has 0 aliphatic carbocycles. The van der Waals surface area contributed by atoms with E-state index in [1.807, 2.05) is 0 Å². The summed E-state index contributed by atoms with van der Waals surface area (Å²) in [7, 11) is 2.73. The van der Waals surface area contributed by atoms with Gasteiger partial charge < -0.3 is 14.5 Å². The first-order valence-electron chi connectivity index (χ1n) is 5.23. The van der Waals surface area contributed by atoms with Crippen LogP contribution < -0.4 is 14.9 Å². The number of aromatic amines is 1. The van der Waals surface area contributed by atoms with E-state index in [0.717, 1.165) is 0 Å². The molecular weight excluding hydrogens is 263 g/mol. The molecule has 0 saturated carbocycles. The van der Waals surface area contributed by atoms with Crippen LogP contribution in [0.15, 0.2) is 23.1 Å². The molecule has 0 amide bonds. The van der Waals surface area contributed by atoms with Crippen LogP contribution in [0.3, 0.4) is 0 Å². The van der Waals surface area contributed by atoms with Crippen LogP contribution in [0, 0.1) is 0 Å². The van der Waals surface area contributed by atoms with Crippen molar-refractivity contribution in [3.05, 3.63) is 34.1 Å². The maximum atomic E-state index is 12.6. The molecule has 7 heteroatoms. The maximum Gasteiger partial charge on any atom is 0.421 e. The van der Waals surface area contributed by atoms with Gasteiger partial charge in [0.25, 0.3) is 0 Å². The first kappa shape index (κ1) is 13.3. The zero-order chi connectivity index (χ0) is 14.2. The van der Waals surface area contributed by atoms with Crippen molar-refractivity contribution in [2.75, 3.05) is 14.2 Å². The predicted molar refractivity (Wildman–Crippen MR) is 62.7 cm³/mol. The second-order valence-corrected chi connectivity index (χ2v) is 3.78. The van der Waals surface area contributed by atoms with Crippen molar-refractivity contribution in [2.45, 2.75) is 6.18 Å². The molecule has 0 fully saturated rings. The van der Waals surface area contributed by atoms with Crippen LogP contribution >= 0.6 is 0 Å². The molecule has 0 radical (unpaired) electrons. The van der Waals surface area contributed by atoms with Gasteiger partial charge in [-0.2, -0.15) is 13.2 Å². The number of aromatic nitrogens is 1. The second-order valence-electron chi connectivity index (χ2n) is 3.78. The van der Waals surface area contributed by atoms with Crippen LogP contribution in [-0.2, 0) is 6.18 Å². The Balaban J connectivity index is 2.80. The Morgan fingerprint density at radius 3 is 2.21 bits per heavy atom. The lowest BCUT2D eigenvalue weighted by Crippen LogP contribution is -2.19. The van der Waals surface area contributed by atoms with E-state index in [1.54, 1.807) is 0 Å². The molecule has 0 aliphatic heterocycles. The molecule has 0 bridgehead atoms. The lowest BCUT2D eigenvalue weighted by molar-refractivity contribution is -0.138. The normalized spacial score (nSPS) is 11.6. The number of fused-ring (bicyclic) bond motifs is 1. The topological polar surface area (TPSA) is 51.3 Å². The van der Waals surface area contributed by atoms with Gasteiger partial charge in [-0.05, 0) is 6.07 Å². The van der Waals surface area contributed by atoms with Gasteiger partial charge in [-0.25, -0.2) is 0 Å². The summed E-state index contributed by atoms with van der Waals surface area (Å²) in [5.74, 6) is 0.519. The summed E-state index contributed by atoms with van der Waals surface area (Å²) in [6.07, 6.45) is -4.05. The van der Waals surface area contributed by atoms with E-state index in [9.17, 15) is 18.0 Å². The Kier molecular flexibility index (Phi) is 3.13. The Hall–Kier alpha value is -2.18. The monoisotopic (exact) mass is 273 g/mol. The predicted octanol–water partition coefficient (Wildman–Crippen LogP) is 2.56. The molecule has 1 aromatic heterocycles. The third kappa shape index (κ3) is 2.23. The van der Waals surface area contributed by atoms with Crippen molar-refractivity contribution >= 4 is 10.9 Å². The molecule has 0 saturated heterocycles. The van der Waals surface area contributed by atoms with Gasteiger partial charge in [-0.1, -0.05) is 0 Å². The van der Waals surface area contributed by atoms with E-state index < -0.39 is 17.2 Å². The van der Waals surface area contributed by atoms with Crippen LogP contribution in [-0.4, -0.2) is 19.2 Å². The molecule has 2 rings (SSSR count). The third-order valence-corrected chi connectivity index (χ3v) is 2.69. The lowest BCUT2D eigenvalue weighted by Gasteiger charge is -2.10. The number of H-pyrrole nitrogens is 1. The van der Waals surface area contributed by atoms with Gasteiger partial charge in [0, 0.05) is 12.3 Å². The molecule has 0 unspecified atom stereocenters. The molecule has 0 aliphatic rings. The number of halogens is 3. The highest BCUT2D eigenvalue weighted by atomic mass is 19.4. The summed E-state index contributed by atoms with van der Waals surface area (Å²) in [4.78, 5) is 14.2. The highest BCUT2D eigenvalue weighted by Gasteiger charge is 2.34. The molecule has 1 aromatic carbocycles. The minimum absolute atomic E-state index is 0.104. The van der Waals surface area contributed by atoms with E-state index >= 15 is 0 Å². The van der Waals surface area contributed by atoms with Gasteiger partial charge in [0.15, 0.2) is 11.5 Å². The number of nitrogens with one attached hydrogen (secondary N) is 1. The molecule has 19 heavy (non-hydrogen) atoms. The van der Waals surface area contributed by atoms with Crippen LogP contribution in [0.25, 0.3) is 10.9 Å². The fourth-order valence-electron chi connectivity index (χ4n) is 1.76. The molecule has 1 N–H and O–H groups in total. The summed E-state index contributed by atoms with van der Waals surface area (Å²) in [6.45, 7) is 0. The second kappa shape index (κ2) is 4.49. The van der Waals surface area contributed by atoms with Gasteiger partial charge in [0.05, 0.1) is 25.1 Å². The van der Waals surface area contributed by atoms with E-state index in [0.29, 0.717) is 11.9 Å². The summed E-state index contributed by atoms with van der Waals surface area (Å²) in [5.41, 5.74) is -2.09. The van der Waals surface area contributed by atoms with Crippen LogP contribution in [0.4, 0.5) is 13.2 Å². The number of ether oxygens (including phenoxy) is 2. The number of pyridine rings is 1. The summed E-state index contributed by atoms with van der Waals surface area (Å²) in [6, 6.07) is 2.64. The summed E-state index contributed by atoms with van der Waals surface area (Å²) >= 11 is 0. The molecule has 4 nitrogen and oxygen atoms in total. The van der Waals surface area contributed by atoms with E-state index in [-0.39, 0.29) is 16.7 Å². The first-order chi connectivity index (χ1) is 8.88. The van der Waals surface area contributed by atoms with Gasteiger partial charge >= 0.3 is 6.18 Å². The van der Waals surface area contributed by atoms with Crippen molar-refractivity contribution in [1.29, 1.82) is 0 Å². The Labute approximate surface area is 105 Å². The minimum atomic E-state index is -4.70. The van der Waals surface area contributed by atoms with E-state index in [1.165, 1.54) is 26.4 Å². The van der Waals surface area contributed by atoms with Gasteiger partial charge in [-0.15, -0.1) is 0 Å². The van der Waals surface area contributed by atoms with Crippen molar-refractivity contribution in [2.24, 2.45) is 0 Å². The SMILES string of the molecule is COc1cc2[nH]cc(C(F)(F)F)c(=O)c2cc1OC. The number of rotatable bonds is 2. The van der Waals surface area contributed by atoms with Crippen molar-refractivity contribution < 1.29 is 22.6 Å². The summed E-state index contributed by atoms with van der Waals surface area (Å²) in [5, 5.41) is -0.104. The number of alkyl halides is 3. The van der Waals surface area contributed by atoms with Crippen molar-refractivity contribution in [3.63, 3.8) is 0 Å². The fourth-order valence-corrected chi connectivity index (χ4v) is 1.76. The molecular formula is C12H10F3NO3. The van der Waals surface area contributed by atoms with Crippen LogP contribution in [0.1, 0.15) is 5.56 Å². The third-order valence-electron chi connectivity index (χ3n) is 2.69. The van der Waals surface area contributed by atoms with E-state index in [4.69, 9.17) is 9.47 Å². The zero-order valence-electron chi connectivity index (χ0n) is 10.1. The number of methoxy groups -OCH3 is 2. The summed E-state index contributed by atoms with van der Waals surface area (Å²) < 4.78 is 47.9. The average molecular weight is 273 g/mol. The largest absolute Gasteiger partial charge is 0.493 e. The first-order valence-corrected chi connectivity index (χ1v) is 5.23. The highest BCUT2D eigenvalue weighted by Crippen LogP contribution is 2.32. The molecule has 0 spiro atoms. The Bertz CT molecular complexity index is 676. The number of hydrogen-bond donors (Lipinski definition) is 1. The zero-order valence-corrected chi connectivity index (χ0v) is 10.1. The quantitative estimate of drug-likeness (QED) is 0.914. The molecule has 1 heterocycles. The fraction of sp³-hybridized carbons (Fsp3) is 0.250. The number of benzene rings is 1. The van der Waals surface area contributed by atoms with Crippen LogP contribution in [0.2, 0.25) is 0 Å². The smallest absolute Gasteiger partial charge is 0.421 e. The highest BCUT2D eigenvalue weighted by molar-refractivity contribution is 5.83. The Morgan fingerprint density at radius 2 is 1.68 bits per heavy atom. The van der Waals surface area contributed by atoms with Crippen LogP contribution in [0.5, 0.6) is 11.5 Å². The van der Waals surface area contributed by atoms with Crippen molar-refractivity contribution in [3.8, 4) is 11.5 Å². The van der Waals surface area contributed by atoms with Gasteiger partial charge in [0.1, 0.15) is 5.56 Å². The average Bonchev–Trinajstić information content (AvgIpc) is 2.36. The maximum absolute atomic E-state index is 12.6. The van der Waals surface area contributed by atoms with E-state index in [2.05, 4.69) is 4.98 Å².